The number of anilines is 2. The van der Waals surface area contributed by atoms with Crippen LogP contribution in [0.4, 0.5) is 11.4 Å². The molecule has 0 fully saturated rings. The van der Waals surface area contributed by atoms with Crippen LogP contribution in [0.3, 0.4) is 0 Å². The molecule has 6 nitrogen and oxygen atoms in total. The fourth-order valence-corrected chi connectivity index (χ4v) is 2.58. The zero-order chi connectivity index (χ0) is 15.3. The summed E-state index contributed by atoms with van der Waals surface area (Å²) in [5.41, 5.74) is 6.65. The van der Waals surface area contributed by atoms with Crippen LogP contribution in [0, 0.1) is 0 Å². The van der Waals surface area contributed by atoms with Gasteiger partial charge in [-0.2, -0.15) is 0 Å². The molecule has 0 aliphatic carbocycles. The molecule has 1 rings (SSSR count). The molecule has 0 aliphatic heterocycles. The minimum absolute atomic E-state index is 0.173. The van der Waals surface area contributed by atoms with E-state index in [4.69, 9.17) is 5.73 Å². The van der Waals surface area contributed by atoms with Crippen LogP contribution in [0.2, 0.25) is 0 Å². The first-order valence-corrected chi connectivity index (χ1v) is 8.03. The van der Waals surface area contributed by atoms with E-state index in [0.29, 0.717) is 24.0 Å². The predicted molar refractivity (Wildman–Crippen MR) is 83.4 cm³/mol. The van der Waals surface area contributed by atoms with Gasteiger partial charge in [0.15, 0.2) is 0 Å². The number of nitrogen functional groups attached to an aromatic ring is 1. The van der Waals surface area contributed by atoms with Crippen LogP contribution < -0.4 is 15.8 Å². The fraction of sp³-hybridized carbons (Fsp3) is 0.538. The quantitative estimate of drug-likeness (QED) is 0.652. The normalized spacial score (nSPS) is 12.1. The SMILES string of the molecule is CNS(=O)(=O)c1cc(N)ccc1NCCN(C)C(C)C. The Kier molecular flexibility index (Phi) is 5.79. The third-order valence-electron chi connectivity index (χ3n) is 3.23. The van der Waals surface area contributed by atoms with Gasteiger partial charge in [-0.1, -0.05) is 0 Å². The van der Waals surface area contributed by atoms with E-state index in [-0.39, 0.29) is 4.90 Å². The molecule has 0 amide bonds. The number of nitrogens with two attached hydrogens (primary N) is 1. The number of sulfonamides is 1. The Hall–Kier alpha value is -1.31. The van der Waals surface area contributed by atoms with Gasteiger partial charge in [-0.05, 0) is 46.1 Å². The van der Waals surface area contributed by atoms with Crippen molar-refractivity contribution in [2.45, 2.75) is 24.8 Å². The average Bonchev–Trinajstić information content (AvgIpc) is 2.39. The summed E-state index contributed by atoms with van der Waals surface area (Å²) in [5.74, 6) is 0. The number of benzene rings is 1. The molecule has 0 bridgehead atoms. The Balaban J connectivity index is 2.86. The molecule has 0 spiro atoms. The van der Waals surface area contributed by atoms with Gasteiger partial charge in [0.1, 0.15) is 4.90 Å². The topological polar surface area (TPSA) is 87.5 Å². The second-order valence-electron chi connectivity index (χ2n) is 4.96. The number of rotatable bonds is 7. The lowest BCUT2D eigenvalue weighted by molar-refractivity contribution is 0.284. The van der Waals surface area contributed by atoms with E-state index >= 15 is 0 Å². The molecule has 20 heavy (non-hydrogen) atoms. The molecule has 0 aromatic heterocycles. The average molecular weight is 300 g/mol. The minimum Gasteiger partial charge on any atom is -0.399 e. The van der Waals surface area contributed by atoms with E-state index in [2.05, 4.69) is 28.8 Å². The molecule has 1 aromatic carbocycles. The van der Waals surface area contributed by atoms with E-state index in [1.807, 2.05) is 7.05 Å². The van der Waals surface area contributed by atoms with Crippen molar-refractivity contribution in [2.75, 3.05) is 38.2 Å². The molecule has 4 N–H and O–H groups in total. The third-order valence-corrected chi connectivity index (χ3v) is 4.68. The van der Waals surface area contributed by atoms with E-state index in [9.17, 15) is 8.42 Å². The van der Waals surface area contributed by atoms with Gasteiger partial charge < -0.3 is 16.0 Å². The van der Waals surface area contributed by atoms with Gasteiger partial charge in [-0.15, -0.1) is 0 Å². The minimum atomic E-state index is -3.52. The molecule has 0 saturated carbocycles. The lowest BCUT2D eigenvalue weighted by atomic mass is 10.3. The Morgan fingerprint density at radius 1 is 1.35 bits per heavy atom. The largest absolute Gasteiger partial charge is 0.399 e. The summed E-state index contributed by atoms with van der Waals surface area (Å²) in [6.45, 7) is 5.70. The Morgan fingerprint density at radius 2 is 2.00 bits per heavy atom. The van der Waals surface area contributed by atoms with Crippen LogP contribution in [-0.2, 0) is 10.0 Å². The van der Waals surface area contributed by atoms with Crippen molar-refractivity contribution in [3.8, 4) is 0 Å². The summed E-state index contributed by atoms with van der Waals surface area (Å²) in [6.07, 6.45) is 0. The Labute approximate surface area is 121 Å². The second-order valence-corrected chi connectivity index (χ2v) is 6.82. The van der Waals surface area contributed by atoms with Crippen molar-refractivity contribution in [1.82, 2.24) is 9.62 Å². The molecule has 0 aliphatic rings. The maximum atomic E-state index is 12.0. The molecule has 0 unspecified atom stereocenters. The van der Waals surface area contributed by atoms with Crippen LogP contribution in [0.1, 0.15) is 13.8 Å². The smallest absolute Gasteiger partial charge is 0.242 e. The van der Waals surface area contributed by atoms with Gasteiger partial charge in [0.05, 0.1) is 5.69 Å². The fourth-order valence-electron chi connectivity index (χ4n) is 1.64. The molecule has 1 aromatic rings. The zero-order valence-electron chi connectivity index (χ0n) is 12.5. The van der Waals surface area contributed by atoms with Crippen molar-refractivity contribution in [1.29, 1.82) is 0 Å². The van der Waals surface area contributed by atoms with E-state index in [1.165, 1.54) is 13.1 Å². The van der Waals surface area contributed by atoms with Crippen molar-refractivity contribution < 1.29 is 8.42 Å². The van der Waals surface area contributed by atoms with Gasteiger partial charge in [0, 0.05) is 24.8 Å². The first-order chi connectivity index (χ1) is 9.27. The number of hydrogen-bond donors (Lipinski definition) is 3. The highest BCUT2D eigenvalue weighted by atomic mass is 32.2. The summed E-state index contributed by atoms with van der Waals surface area (Å²) >= 11 is 0. The van der Waals surface area contributed by atoms with Crippen LogP contribution in [0.5, 0.6) is 0 Å². The van der Waals surface area contributed by atoms with E-state index < -0.39 is 10.0 Å². The van der Waals surface area contributed by atoms with Crippen molar-refractivity contribution in [3.63, 3.8) is 0 Å². The summed E-state index contributed by atoms with van der Waals surface area (Å²) < 4.78 is 26.2. The monoisotopic (exact) mass is 300 g/mol. The molecular weight excluding hydrogens is 276 g/mol. The number of nitrogens with one attached hydrogen (secondary N) is 2. The van der Waals surface area contributed by atoms with Crippen LogP contribution in [0.25, 0.3) is 0 Å². The molecule has 7 heteroatoms. The highest BCUT2D eigenvalue weighted by Crippen LogP contribution is 2.23. The summed E-state index contributed by atoms with van der Waals surface area (Å²) in [4.78, 5) is 2.35. The highest BCUT2D eigenvalue weighted by Gasteiger charge is 2.17. The van der Waals surface area contributed by atoms with Gasteiger partial charge in [-0.25, -0.2) is 13.1 Å². The lowest BCUT2D eigenvalue weighted by Gasteiger charge is -2.21. The predicted octanol–water partition coefficient (Wildman–Crippen LogP) is 0.929. The summed E-state index contributed by atoms with van der Waals surface area (Å²) in [7, 11) is -0.112. The Bertz CT molecular complexity index is 543. The highest BCUT2D eigenvalue weighted by molar-refractivity contribution is 7.89. The second kappa shape index (κ2) is 6.92. The Morgan fingerprint density at radius 3 is 2.55 bits per heavy atom. The number of nitrogens with zero attached hydrogens (tertiary/aromatic N) is 1. The molecule has 0 radical (unpaired) electrons. The van der Waals surface area contributed by atoms with Crippen molar-refractivity contribution in [2.24, 2.45) is 0 Å². The molecule has 0 heterocycles. The molecular formula is C13H24N4O2S. The van der Waals surface area contributed by atoms with Gasteiger partial charge in [0.25, 0.3) is 0 Å². The lowest BCUT2D eigenvalue weighted by Crippen LogP contribution is -2.31. The summed E-state index contributed by atoms with van der Waals surface area (Å²) in [5, 5.41) is 3.15. The zero-order valence-corrected chi connectivity index (χ0v) is 13.3. The van der Waals surface area contributed by atoms with Gasteiger partial charge in [0.2, 0.25) is 10.0 Å². The third kappa shape index (κ3) is 4.36. The standard InChI is InChI=1S/C13H24N4O2S/c1-10(2)17(4)8-7-16-12-6-5-11(14)9-13(12)20(18,19)15-3/h5-6,9-10,15-16H,7-8,14H2,1-4H3. The first-order valence-electron chi connectivity index (χ1n) is 6.55. The summed E-state index contributed by atoms with van der Waals surface area (Å²) in [6, 6.07) is 5.28. The van der Waals surface area contributed by atoms with Gasteiger partial charge in [-0.3, -0.25) is 0 Å². The molecule has 0 saturated heterocycles. The van der Waals surface area contributed by atoms with Crippen LogP contribution in [-0.4, -0.2) is 46.5 Å². The molecule has 114 valence electrons. The van der Waals surface area contributed by atoms with Crippen molar-refractivity contribution in [3.05, 3.63) is 18.2 Å². The first kappa shape index (κ1) is 16.7. The van der Waals surface area contributed by atoms with Gasteiger partial charge >= 0.3 is 0 Å². The van der Waals surface area contributed by atoms with E-state index in [1.54, 1.807) is 12.1 Å². The number of likely N-dealkylation sites (N-methyl/N-ethyl adjacent to an activating group) is 1. The van der Waals surface area contributed by atoms with Crippen LogP contribution in [0.15, 0.2) is 23.1 Å². The van der Waals surface area contributed by atoms with E-state index in [0.717, 1.165) is 6.54 Å². The number of hydrogen-bond acceptors (Lipinski definition) is 5. The molecule has 0 atom stereocenters. The van der Waals surface area contributed by atoms with Crippen molar-refractivity contribution >= 4 is 21.4 Å². The maximum absolute atomic E-state index is 12.0. The van der Waals surface area contributed by atoms with Crippen LogP contribution >= 0.6 is 0 Å². The maximum Gasteiger partial charge on any atom is 0.242 e.